The second kappa shape index (κ2) is 8.43. The van der Waals surface area contributed by atoms with Crippen LogP contribution in [-0.4, -0.2) is 30.3 Å². The number of carbonyl (C=O) groups excluding carboxylic acids is 1. The molecule has 1 saturated heterocycles. The Labute approximate surface area is 145 Å². The predicted octanol–water partition coefficient (Wildman–Crippen LogP) is 3.10. The van der Waals surface area contributed by atoms with Crippen LogP contribution in [0.2, 0.25) is 0 Å². The molecule has 7 heteroatoms. The Morgan fingerprint density at radius 1 is 1.36 bits per heavy atom. The normalized spacial score (nSPS) is 16.4. The largest absolute Gasteiger partial charge is 0.489 e. The molecule has 3 rings (SSSR count). The first-order valence-electron chi connectivity index (χ1n) is 8.19. The molecule has 2 amide bonds. The summed E-state index contributed by atoms with van der Waals surface area (Å²) in [6, 6.07) is 9.00. The summed E-state index contributed by atoms with van der Waals surface area (Å²) in [7, 11) is 0. The number of halogens is 1. The van der Waals surface area contributed by atoms with E-state index in [0.29, 0.717) is 12.4 Å². The zero-order valence-corrected chi connectivity index (χ0v) is 13.7. The van der Waals surface area contributed by atoms with Gasteiger partial charge >= 0.3 is 6.03 Å². The Kier molecular flexibility index (Phi) is 5.79. The van der Waals surface area contributed by atoms with Gasteiger partial charge in [-0.05, 0) is 37.1 Å². The lowest BCUT2D eigenvalue weighted by molar-refractivity contribution is 0.0682. The van der Waals surface area contributed by atoms with Crippen LogP contribution in [0.3, 0.4) is 0 Å². The molecular weight excluding hydrogens is 325 g/mol. The van der Waals surface area contributed by atoms with E-state index in [1.54, 1.807) is 18.3 Å². The van der Waals surface area contributed by atoms with Crippen LogP contribution in [-0.2, 0) is 11.3 Å². The van der Waals surface area contributed by atoms with Crippen LogP contribution in [0.25, 0.3) is 0 Å². The minimum Gasteiger partial charge on any atom is -0.489 e. The summed E-state index contributed by atoms with van der Waals surface area (Å²) in [5.74, 6) is -0.0469. The lowest BCUT2D eigenvalue weighted by Gasteiger charge is -2.15. The molecule has 1 fully saturated rings. The van der Waals surface area contributed by atoms with Gasteiger partial charge in [-0.1, -0.05) is 6.07 Å². The average molecular weight is 345 g/mol. The van der Waals surface area contributed by atoms with E-state index in [9.17, 15) is 9.18 Å². The van der Waals surface area contributed by atoms with E-state index in [1.807, 2.05) is 6.07 Å². The Morgan fingerprint density at radius 3 is 3.04 bits per heavy atom. The molecule has 2 heterocycles. The third-order valence-corrected chi connectivity index (χ3v) is 3.79. The van der Waals surface area contributed by atoms with Crippen molar-refractivity contribution < 1.29 is 18.7 Å². The summed E-state index contributed by atoms with van der Waals surface area (Å²) in [4.78, 5) is 16.2. The molecule has 0 spiro atoms. The van der Waals surface area contributed by atoms with Crippen molar-refractivity contribution in [3.63, 3.8) is 0 Å². The number of nitrogens with one attached hydrogen (secondary N) is 2. The Bertz CT molecular complexity index is 706. The summed E-state index contributed by atoms with van der Waals surface area (Å²) in [5.41, 5.74) is 1.00. The van der Waals surface area contributed by atoms with Gasteiger partial charge in [0.1, 0.15) is 18.2 Å². The molecule has 1 aliphatic rings. The Hall–Kier alpha value is -2.67. The molecule has 132 valence electrons. The van der Waals surface area contributed by atoms with Crippen molar-refractivity contribution in [1.82, 2.24) is 10.3 Å². The standard InChI is InChI=1S/C18H20FN3O3/c19-13-6-7-17(25-12-15-5-3-9-24-15)16(10-13)22-18(23)21-11-14-4-1-2-8-20-14/h1-2,4,6-8,10,15H,3,5,9,11-12H2,(H2,21,22,23)/t15-/m0/s1. The van der Waals surface area contributed by atoms with E-state index >= 15 is 0 Å². The number of benzene rings is 1. The van der Waals surface area contributed by atoms with Crippen LogP contribution in [0.1, 0.15) is 18.5 Å². The van der Waals surface area contributed by atoms with E-state index in [0.717, 1.165) is 25.1 Å². The first kappa shape index (κ1) is 17.2. The monoisotopic (exact) mass is 345 g/mol. The first-order chi connectivity index (χ1) is 12.2. The molecule has 0 bridgehead atoms. The van der Waals surface area contributed by atoms with Gasteiger partial charge in [0, 0.05) is 18.9 Å². The van der Waals surface area contributed by atoms with Crippen molar-refractivity contribution in [1.29, 1.82) is 0 Å². The number of urea groups is 1. The van der Waals surface area contributed by atoms with E-state index in [2.05, 4.69) is 15.6 Å². The second-order valence-electron chi connectivity index (χ2n) is 5.72. The lowest BCUT2D eigenvalue weighted by atomic mass is 10.2. The fraction of sp³-hybridized carbons (Fsp3) is 0.333. The molecular formula is C18H20FN3O3. The minimum absolute atomic E-state index is 0.0379. The highest BCUT2D eigenvalue weighted by atomic mass is 19.1. The van der Waals surface area contributed by atoms with Gasteiger partial charge < -0.3 is 20.1 Å². The molecule has 0 unspecified atom stereocenters. The van der Waals surface area contributed by atoms with Gasteiger partial charge in [-0.3, -0.25) is 4.98 Å². The Morgan fingerprint density at radius 2 is 2.28 bits per heavy atom. The van der Waals surface area contributed by atoms with Crippen molar-refractivity contribution in [2.75, 3.05) is 18.5 Å². The van der Waals surface area contributed by atoms with Gasteiger partial charge in [-0.25, -0.2) is 9.18 Å². The molecule has 0 radical (unpaired) electrons. The third-order valence-electron chi connectivity index (χ3n) is 3.79. The van der Waals surface area contributed by atoms with Crippen LogP contribution >= 0.6 is 0 Å². The zero-order chi connectivity index (χ0) is 17.5. The molecule has 1 aromatic carbocycles. The maximum Gasteiger partial charge on any atom is 0.319 e. The highest BCUT2D eigenvalue weighted by molar-refractivity contribution is 5.90. The number of rotatable bonds is 6. The van der Waals surface area contributed by atoms with Crippen LogP contribution < -0.4 is 15.4 Å². The summed E-state index contributed by atoms with van der Waals surface area (Å²) < 4.78 is 24.7. The molecule has 1 atom stereocenters. The fourth-order valence-electron chi connectivity index (χ4n) is 2.52. The fourth-order valence-corrected chi connectivity index (χ4v) is 2.52. The third kappa shape index (κ3) is 5.15. The second-order valence-corrected chi connectivity index (χ2v) is 5.72. The van der Waals surface area contributed by atoms with Crippen LogP contribution in [0.15, 0.2) is 42.6 Å². The SMILES string of the molecule is O=C(NCc1ccccn1)Nc1cc(F)ccc1OC[C@@H]1CCCO1. The smallest absolute Gasteiger partial charge is 0.319 e. The number of pyridine rings is 1. The maximum absolute atomic E-state index is 13.5. The predicted molar refractivity (Wildman–Crippen MR) is 91.0 cm³/mol. The minimum atomic E-state index is -0.460. The summed E-state index contributed by atoms with van der Waals surface area (Å²) in [5, 5.41) is 5.29. The highest BCUT2D eigenvalue weighted by Crippen LogP contribution is 2.26. The molecule has 6 nitrogen and oxygen atoms in total. The number of ether oxygens (including phenoxy) is 2. The Balaban J connectivity index is 1.57. The van der Waals surface area contributed by atoms with Gasteiger partial charge in [0.15, 0.2) is 0 Å². The molecule has 1 aliphatic heterocycles. The lowest BCUT2D eigenvalue weighted by Crippen LogP contribution is -2.29. The first-order valence-corrected chi connectivity index (χ1v) is 8.19. The van der Waals surface area contributed by atoms with Crippen LogP contribution in [0, 0.1) is 5.82 Å². The van der Waals surface area contributed by atoms with Gasteiger partial charge in [-0.2, -0.15) is 0 Å². The summed E-state index contributed by atoms with van der Waals surface area (Å²) >= 11 is 0. The molecule has 0 aliphatic carbocycles. The number of aromatic nitrogens is 1. The maximum atomic E-state index is 13.5. The molecule has 1 aromatic heterocycles. The van der Waals surface area contributed by atoms with E-state index in [1.165, 1.54) is 18.2 Å². The molecule has 0 saturated carbocycles. The van der Waals surface area contributed by atoms with Crippen LogP contribution in [0.5, 0.6) is 5.75 Å². The summed E-state index contributed by atoms with van der Waals surface area (Å²) in [6.07, 6.45) is 3.64. The van der Waals surface area contributed by atoms with E-state index < -0.39 is 11.8 Å². The number of carbonyl (C=O) groups is 1. The molecule has 2 N–H and O–H groups in total. The van der Waals surface area contributed by atoms with Gasteiger partial charge in [0.05, 0.1) is 24.0 Å². The van der Waals surface area contributed by atoms with E-state index in [-0.39, 0.29) is 18.3 Å². The van der Waals surface area contributed by atoms with Gasteiger partial charge in [0.25, 0.3) is 0 Å². The number of anilines is 1. The molecule has 25 heavy (non-hydrogen) atoms. The zero-order valence-electron chi connectivity index (χ0n) is 13.7. The van der Waals surface area contributed by atoms with Crippen LogP contribution in [0.4, 0.5) is 14.9 Å². The number of hydrogen-bond acceptors (Lipinski definition) is 4. The summed E-state index contributed by atoms with van der Waals surface area (Å²) in [6.45, 7) is 1.38. The van der Waals surface area contributed by atoms with Crippen molar-refractivity contribution in [2.45, 2.75) is 25.5 Å². The van der Waals surface area contributed by atoms with Gasteiger partial charge in [-0.15, -0.1) is 0 Å². The molecule has 2 aromatic rings. The number of amides is 2. The van der Waals surface area contributed by atoms with Crippen molar-refractivity contribution in [3.8, 4) is 5.75 Å². The number of nitrogens with zero attached hydrogens (tertiary/aromatic N) is 1. The van der Waals surface area contributed by atoms with Crippen molar-refractivity contribution in [3.05, 3.63) is 54.1 Å². The van der Waals surface area contributed by atoms with Crippen molar-refractivity contribution >= 4 is 11.7 Å². The van der Waals surface area contributed by atoms with Crippen molar-refractivity contribution in [2.24, 2.45) is 0 Å². The average Bonchev–Trinajstić information content (AvgIpc) is 3.14. The highest BCUT2D eigenvalue weighted by Gasteiger charge is 2.17. The van der Waals surface area contributed by atoms with E-state index in [4.69, 9.17) is 9.47 Å². The number of hydrogen-bond donors (Lipinski definition) is 2. The topological polar surface area (TPSA) is 72.5 Å². The van der Waals surface area contributed by atoms with Gasteiger partial charge in [0.2, 0.25) is 0 Å². The quantitative estimate of drug-likeness (QED) is 0.844.